The van der Waals surface area contributed by atoms with E-state index in [2.05, 4.69) is 13.8 Å². The fraction of sp³-hybridized carbons (Fsp3) is 0.650. The van der Waals surface area contributed by atoms with Crippen LogP contribution in [0.5, 0.6) is 11.5 Å². The minimum absolute atomic E-state index is 0.0966. The number of aliphatic hydroxyl groups is 1. The lowest BCUT2D eigenvalue weighted by molar-refractivity contribution is -0.226. The van der Waals surface area contributed by atoms with Gasteiger partial charge in [-0.05, 0) is 31.0 Å². The Kier molecular flexibility index (Phi) is 5.03. The van der Waals surface area contributed by atoms with Gasteiger partial charge in [0.05, 0.1) is 19.3 Å². The van der Waals surface area contributed by atoms with Crippen molar-refractivity contribution in [2.24, 2.45) is 11.3 Å². The highest BCUT2D eigenvalue weighted by Crippen LogP contribution is 2.55. The number of aliphatic hydroxyl groups excluding tert-OH is 1. The van der Waals surface area contributed by atoms with Gasteiger partial charge in [-0.25, -0.2) is 0 Å². The van der Waals surface area contributed by atoms with Gasteiger partial charge in [0, 0.05) is 30.4 Å². The quantitative estimate of drug-likeness (QED) is 0.639. The van der Waals surface area contributed by atoms with Crippen LogP contribution in [0, 0.1) is 11.3 Å². The second-order valence-electron chi connectivity index (χ2n) is 8.09. The highest BCUT2D eigenvalue weighted by Gasteiger charge is 2.59. The predicted octanol–water partition coefficient (Wildman–Crippen LogP) is 2.60. The summed E-state index contributed by atoms with van der Waals surface area (Å²) in [6, 6.07) is 3.54. The molecule has 144 valence electrons. The molecule has 2 aliphatic rings. The number of methoxy groups -OCH3 is 2. The number of hydrogen-bond acceptors (Lipinski definition) is 6. The predicted molar refractivity (Wildman–Crippen MR) is 95.8 cm³/mol. The number of fused-ring (bicyclic) bond motifs is 2. The van der Waals surface area contributed by atoms with E-state index in [9.17, 15) is 9.90 Å². The van der Waals surface area contributed by atoms with E-state index in [0.29, 0.717) is 23.5 Å². The highest BCUT2D eigenvalue weighted by atomic mass is 16.7. The number of rotatable bonds is 5. The molecule has 1 N–H and O–H groups in total. The molecule has 1 aromatic carbocycles. The molecule has 1 aliphatic carbocycles. The summed E-state index contributed by atoms with van der Waals surface area (Å²) in [4.78, 5) is 11.3. The molecule has 6 nitrogen and oxygen atoms in total. The zero-order valence-corrected chi connectivity index (χ0v) is 16.1. The molecule has 1 aliphatic heterocycles. The maximum absolute atomic E-state index is 11.3. The summed E-state index contributed by atoms with van der Waals surface area (Å²) in [5.41, 5.74) is 0.601. The van der Waals surface area contributed by atoms with Crippen LogP contribution in [0.1, 0.15) is 43.1 Å². The van der Waals surface area contributed by atoms with E-state index in [-0.39, 0.29) is 24.2 Å². The molecule has 6 heteroatoms. The topological polar surface area (TPSA) is 74.2 Å². The van der Waals surface area contributed by atoms with Crippen molar-refractivity contribution < 1.29 is 28.8 Å². The van der Waals surface area contributed by atoms with Gasteiger partial charge in [0.25, 0.3) is 0 Å². The standard InChI is InChI=1S/C20H28O6/c1-19(2)16-8-13-6-12(10-21)7-15(24-5)17(13)26-20(16,3)9-14(22)18(19)25-11-23-4/h6-7,10,14,16,18,22H,8-9,11H2,1-5H3/t14-,16-,18-,20-/m1/s1. The summed E-state index contributed by atoms with van der Waals surface area (Å²) in [5.74, 6) is 1.31. The van der Waals surface area contributed by atoms with E-state index in [1.54, 1.807) is 20.3 Å². The van der Waals surface area contributed by atoms with Crippen molar-refractivity contribution in [3.8, 4) is 11.5 Å². The molecule has 0 unspecified atom stereocenters. The highest BCUT2D eigenvalue weighted by molar-refractivity contribution is 5.77. The average molecular weight is 364 g/mol. The van der Waals surface area contributed by atoms with Crippen molar-refractivity contribution in [1.29, 1.82) is 0 Å². The average Bonchev–Trinajstić information content (AvgIpc) is 2.59. The van der Waals surface area contributed by atoms with Crippen LogP contribution < -0.4 is 9.47 Å². The Morgan fingerprint density at radius 1 is 1.31 bits per heavy atom. The Balaban J connectivity index is 2.03. The number of aldehydes is 1. The van der Waals surface area contributed by atoms with Crippen molar-refractivity contribution in [2.45, 2.75) is 51.4 Å². The smallest absolute Gasteiger partial charge is 0.165 e. The molecular weight excluding hydrogens is 336 g/mol. The first-order valence-corrected chi connectivity index (χ1v) is 8.90. The molecule has 0 radical (unpaired) electrons. The molecule has 0 aromatic heterocycles. The number of carbonyl (C=O) groups is 1. The molecule has 0 saturated heterocycles. The zero-order chi connectivity index (χ0) is 19.1. The Bertz CT molecular complexity index is 685. The van der Waals surface area contributed by atoms with Crippen molar-refractivity contribution in [3.05, 3.63) is 23.3 Å². The summed E-state index contributed by atoms with van der Waals surface area (Å²) in [5, 5.41) is 10.8. The van der Waals surface area contributed by atoms with E-state index < -0.39 is 11.7 Å². The van der Waals surface area contributed by atoms with E-state index in [1.807, 2.05) is 13.0 Å². The Morgan fingerprint density at radius 2 is 2.04 bits per heavy atom. The second kappa shape index (κ2) is 6.83. The third-order valence-corrected chi connectivity index (χ3v) is 5.97. The maximum Gasteiger partial charge on any atom is 0.165 e. The van der Waals surface area contributed by atoms with Crippen LogP contribution in [-0.2, 0) is 15.9 Å². The normalized spacial score (nSPS) is 32.2. The van der Waals surface area contributed by atoms with Gasteiger partial charge in [-0.2, -0.15) is 0 Å². The van der Waals surface area contributed by atoms with Gasteiger partial charge >= 0.3 is 0 Å². The third-order valence-electron chi connectivity index (χ3n) is 5.97. The fourth-order valence-electron chi connectivity index (χ4n) is 4.83. The maximum atomic E-state index is 11.3. The summed E-state index contributed by atoms with van der Waals surface area (Å²) in [7, 11) is 3.13. The largest absolute Gasteiger partial charge is 0.493 e. The Hall–Kier alpha value is -1.63. The van der Waals surface area contributed by atoms with E-state index in [4.69, 9.17) is 18.9 Å². The Morgan fingerprint density at radius 3 is 2.65 bits per heavy atom. The molecule has 1 fully saturated rings. The van der Waals surface area contributed by atoms with Crippen molar-refractivity contribution in [2.75, 3.05) is 21.0 Å². The number of hydrogen-bond donors (Lipinski definition) is 1. The first-order chi connectivity index (χ1) is 12.3. The lowest BCUT2D eigenvalue weighted by atomic mass is 9.56. The summed E-state index contributed by atoms with van der Waals surface area (Å²) < 4.78 is 22.7. The number of ether oxygens (including phenoxy) is 4. The molecule has 3 rings (SSSR count). The van der Waals surface area contributed by atoms with Gasteiger partial charge in [-0.1, -0.05) is 13.8 Å². The summed E-state index contributed by atoms with van der Waals surface area (Å²) in [6.07, 6.45) is 0.964. The van der Waals surface area contributed by atoms with Crippen LogP contribution in [0.4, 0.5) is 0 Å². The first kappa shape index (κ1) is 19.1. The molecule has 0 amide bonds. The molecule has 0 bridgehead atoms. The van der Waals surface area contributed by atoms with Crippen molar-refractivity contribution in [3.63, 3.8) is 0 Å². The van der Waals surface area contributed by atoms with Gasteiger partial charge in [-0.3, -0.25) is 4.79 Å². The molecule has 1 saturated carbocycles. The molecule has 1 aromatic rings. The second-order valence-corrected chi connectivity index (χ2v) is 8.09. The fourth-order valence-corrected chi connectivity index (χ4v) is 4.83. The minimum Gasteiger partial charge on any atom is -0.493 e. The molecule has 4 atom stereocenters. The van der Waals surface area contributed by atoms with Gasteiger partial charge < -0.3 is 24.1 Å². The van der Waals surface area contributed by atoms with Crippen LogP contribution in [-0.4, -0.2) is 50.2 Å². The van der Waals surface area contributed by atoms with Crippen LogP contribution in [0.3, 0.4) is 0 Å². The molecule has 1 heterocycles. The van der Waals surface area contributed by atoms with E-state index in [1.165, 1.54) is 0 Å². The third kappa shape index (κ3) is 3.00. The van der Waals surface area contributed by atoms with Gasteiger partial charge in [0.1, 0.15) is 18.7 Å². The van der Waals surface area contributed by atoms with Crippen LogP contribution in [0.15, 0.2) is 12.1 Å². The van der Waals surface area contributed by atoms with E-state index >= 15 is 0 Å². The molecular formula is C20H28O6. The van der Waals surface area contributed by atoms with Gasteiger partial charge in [0.2, 0.25) is 0 Å². The van der Waals surface area contributed by atoms with Gasteiger partial charge in [-0.15, -0.1) is 0 Å². The Labute approximate surface area is 154 Å². The lowest BCUT2D eigenvalue weighted by Crippen LogP contribution is -2.64. The summed E-state index contributed by atoms with van der Waals surface area (Å²) >= 11 is 0. The zero-order valence-electron chi connectivity index (χ0n) is 16.1. The molecule has 26 heavy (non-hydrogen) atoms. The monoisotopic (exact) mass is 364 g/mol. The van der Waals surface area contributed by atoms with Crippen molar-refractivity contribution in [1.82, 2.24) is 0 Å². The first-order valence-electron chi connectivity index (χ1n) is 8.90. The van der Waals surface area contributed by atoms with Crippen LogP contribution in [0.25, 0.3) is 0 Å². The molecule has 0 spiro atoms. The van der Waals surface area contributed by atoms with Crippen LogP contribution in [0.2, 0.25) is 0 Å². The lowest BCUT2D eigenvalue weighted by Gasteiger charge is -2.57. The van der Waals surface area contributed by atoms with Crippen LogP contribution >= 0.6 is 0 Å². The number of carbonyl (C=O) groups excluding carboxylic acids is 1. The van der Waals surface area contributed by atoms with Crippen molar-refractivity contribution >= 4 is 6.29 Å². The number of benzene rings is 1. The minimum atomic E-state index is -0.664. The van der Waals surface area contributed by atoms with Gasteiger partial charge in [0.15, 0.2) is 11.5 Å². The SMILES string of the molecule is COCO[C@@H]1[C@H](O)C[C@@]2(C)Oc3c(cc(C=O)cc3OC)C[C@@H]2C1(C)C. The summed E-state index contributed by atoms with van der Waals surface area (Å²) in [6.45, 7) is 6.35. The van der Waals surface area contributed by atoms with E-state index in [0.717, 1.165) is 18.3 Å².